The smallest absolute Gasteiger partial charge is 0.145 e. The van der Waals surface area contributed by atoms with Gasteiger partial charge in [-0.1, -0.05) is 19.1 Å². The minimum Gasteiger partial charge on any atom is -0.368 e. The number of para-hydroxylation sites is 2. The molecule has 106 valence electrons. The highest BCUT2D eigenvalue weighted by Gasteiger charge is 2.28. The van der Waals surface area contributed by atoms with Crippen LogP contribution >= 0.6 is 0 Å². The second kappa shape index (κ2) is 5.37. The van der Waals surface area contributed by atoms with E-state index in [1.165, 1.54) is 25.9 Å². The van der Waals surface area contributed by atoms with Crippen LogP contribution in [0.1, 0.15) is 19.8 Å². The number of benzene rings is 1. The zero-order valence-corrected chi connectivity index (χ0v) is 12.3. The summed E-state index contributed by atoms with van der Waals surface area (Å²) in [4.78, 5) is 11.5. The van der Waals surface area contributed by atoms with E-state index in [-0.39, 0.29) is 0 Å². The van der Waals surface area contributed by atoms with Gasteiger partial charge in [0, 0.05) is 6.54 Å². The summed E-state index contributed by atoms with van der Waals surface area (Å²) < 4.78 is 0. The van der Waals surface area contributed by atoms with Crippen LogP contribution in [0, 0.1) is 5.41 Å². The number of likely N-dealkylation sites (tertiary alicyclic amines) is 1. The van der Waals surface area contributed by atoms with Crippen LogP contribution in [0.5, 0.6) is 0 Å². The average molecular weight is 270 g/mol. The third kappa shape index (κ3) is 2.90. The van der Waals surface area contributed by atoms with Gasteiger partial charge in [0.15, 0.2) is 0 Å². The van der Waals surface area contributed by atoms with E-state index < -0.39 is 0 Å². The Morgan fingerprint density at radius 1 is 1.20 bits per heavy atom. The summed E-state index contributed by atoms with van der Waals surface area (Å²) in [7, 11) is 2.20. The van der Waals surface area contributed by atoms with Crippen LogP contribution in [0.2, 0.25) is 0 Å². The summed E-state index contributed by atoms with van der Waals surface area (Å²) in [6.07, 6.45) is 4.30. The summed E-state index contributed by atoms with van der Waals surface area (Å²) in [6, 6.07) is 7.98. The molecule has 4 nitrogen and oxygen atoms in total. The lowest BCUT2D eigenvalue weighted by Crippen LogP contribution is -2.40. The number of aromatic nitrogens is 2. The Morgan fingerprint density at radius 3 is 2.65 bits per heavy atom. The fraction of sp³-hybridized carbons (Fsp3) is 0.500. The van der Waals surface area contributed by atoms with Gasteiger partial charge in [-0.05, 0) is 50.5 Å². The van der Waals surface area contributed by atoms with E-state index in [4.69, 9.17) is 0 Å². The van der Waals surface area contributed by atoms with Gasteiger partial charge in [-0.3, -0.25) is 4.98 Å². The molecular formula is C16H22N4. The fourth-order valence-corrected chi connectivity index (χ4v) is 2.68. The predicted molar refractivity (Wildman–Crippen MR) is 82.9 cm³/mol. The molecule has 20 heavy (non-hydrogen) atoms. The molecule has 0 amide bonds. The topological polar surface area (TPSA) is 41.0 Å². The van der Waals surface area contributed by atoms with E-state index in [0.29, 0.717) is 5.41 Å². The lowest BCUT2D eigenvalue weighted by atomic mass is 9.80. The third-order valence-electron chi connectivity index (χ3n) is 4.34. The predicted octanol–water partition coefficient (Wildman–Crippen LogP) is 2.77. The molecule has 0 unspecified atom stereocenters. The second-order valence-corrected chi connectivity index (χ2v) is 6.21. The number of hydrogen-bond acceptors (Lipinski definition) is 4. The number of anilines is 1. The molecule has 1 aromatic carbocycles. The largest absolute Gasteiger partial charge is 0.368 e. The molecular weight excluding hydrogens is 248 g/mol. The summed E-state index contributed by atoms with van der Waals surface area (Å²) >= 11 is 0. The van der Waals surface area contributed by atoms with Gasteiger partial charge in [-0.25, -0.2) is 4.98 Å². The molecule has 0 bridgehead atoms. The number of nitrogens with zero attached hydrogens (tertiary/aromatic N) is 3. The monoisotopic (exact) mass is 270 g/mol. The van der Waals surface area contributed by atoms with Crippen molar-refractivity contribution in [1.29, 1.82) is 0 Å². The molecule has 1 aliphatic heterocycles. The highest BCUT2D eigenvalue weighted by molar-refractivity contribution is 5.75. The molecule has 1 fully saturated rings. The molecule has 0 atom stereocenters. The van der Waals surface area contributed by atoms with Crippen molar-refractivity contribution in [3.63, 3.8) is 0 Å². The number of nitrogens with one attached hydrogen (secondary N) is 1. The summed E-state index contributed by atoms with van der Waals surface area (Å²) in [6.45, 7) is 5.69. The van der Waals surface area contributed by atoms with E-state index in [0.717, 1.165) is 23.4 Å². The Labute approximate surface area is 120 Å². The summed E-state index contributed by atoms with van der Waals surface area (Å²) in [5.41, 5.74) is 2.26. The Balaban J connectivity index is 1.67. The molecule has 1 aromatic heterocycles. The van der Waals surface area contributed by atoms with Crippen molar-refractivity contribution in [2.45, 2.75) is 19.8 Å². The Bertz CT molecular complexity index is 588. The zero-order chi connectivity index (χ0) is 14.0. The highest BCUT2D eigenvalue weighted by atomic mass is 15.1. The van der Waals surface area contributed by atoms with Crippen LogP contribution < -0.4 is 5.32 Å². The van der Waals surface area contributed by atoms with Crippen molar-refractivity contribution >= 4 is 16.9 Å². The van der Waals surface area contributed by atoms with E-state index in [2.05, 4.69) is 34.2 Å². The van der Waals surface area contributed by atoms with Gasteiger partial charge >= 0.3 is 0 Å². The van der Waals surface area contributed by atoms with Gasteiger partial charge in [0.05, 0.1) is 17.2 Å². The molecule has 1 aliphatic rings. The van der Waals surface area contributed by atoms with Crippen molar-refractivity contribution in [2.24, 2.45) is 5.41 Å². The van der Waals surface area contributed by atoms with E-state index in [9.17, 15) is 0 Å². The third-order valence-corrected chi connectivity index (χ3v) is 4.34. The maximum Gasteiger partial charge on any atom is 0.145 e. The van der Waals surface area contributed by atoms with Gasteiger partial charge in [0.2, 0.25) is 0 Å². The quantitative estimate of drug-likeness (QED) is 0.931. The molecule has 0 spiro atoms. The molecule has 1 N–H and O–H groups in total. The summed E-state index contributed by atoms with van der Waals surface area (Å²) in [5.74, 6) is 0.879. The molecule has 1 saturated heterocycles. The zero-order valence-electron chi connectivity index (χ0n) is 12.3. The maximum atomic E-state index is 4.62. The number of rotatable bonds is 3. The number of hydrogen-bond donors (Lipinski definition) is 1. The first-order valence-electron chi connectivity index (χ1n) is 7.29. The van der Waals surface area contributed by atoms with E-state index in [1.807, 2.05) is 30.5 Å². The normalized spacial score (nSPS) is 19.1. The van der Waals surface area contributed by atoms with Crippen molar-refractivity contribution in [1.82, 2.24) is 14.9 Å². The first-order chi connectivity index (χ1) is 9.65. The first kappa shape index (κ1) is 13.3. The minimum atomic E-state index is 0.361. The Hall–Kier alpha value is -1.68. The van der Waals surface area contributed by atoms with Gasteiger partial charge in [0.1, 0.15) is 5.82 Å². The Kier molecular flexibility index (Phi) is 3.57. The van der Waals surface area contributed by atoms with E-state index >= 15 is 0 Å². The standard InChI is InChI=1S/C16H22N4/c1-16(7-9-20(2)10-8-16)12-18-15-11-17-13-5-3-4-6-14(13)19-15/h3-6,11H,7-10,12H2,1-2H3,(H,18,19). The molecule has 0 radical (unpaired) electrons. The van der Waals surface area contributed by atoms with Crippen LogP contribution in [-0.4, -0.2) is 41.5 Å². The van der Waals surface area contributed by atoms with Crippen LogP contribution in [0.4, 0.5) is 5.82 Å². The SMILES string of the molecule is CN1CCC(C)(CNc2cnc3ccccc3n2)CC1. The fourth-order valence-electron chi connectivity index (χ4n) is 2.68. The molecule has 0 aliphatic carbocycles. The van der Waals surface area contributed by atoms with Gasteiger partial charge in [-0.15, -0.1) is 0 Å². The van der Waals surface area contributed by atoms with Crippen molar-refractivity contribution in [3.8, 4) is 0 Å². The van der Waals surface area contributed by atoms with Gasteiger partial charge in [-0.2, -0.15) is 0 Å². The molecule has 2 heterocycles. The van der Waals surface area contributed by atoms with E-state index in [1.54, 1.807) is 0 Å². The van der Waals surface area contributed by atoms with Crippen LogP contribution in [0.25, 0.3) is 11.0 Å². The molecule has 3 rings (SSSR count). The van der Waals surface area contributed by atoms with Crippen molar-refractivity contribution in [2.75, 3.05) is 32.0 Å². The first-order valence-corrected chi connectivity index (χ1v) is 7.29. The highest BCUT2D eigenvalue weighted by Crippen LogP contribution is 2.30. The van der Waals surface area contributed by atoms with Crippen LogP contribution in [-0.2, 0) is 0 Å². The average Bonchev–Trinajstić information content (AvgIpc) is 2.48. The molecule has 0 saturated carbocycles. The number of fused-ring (bicyclic) bond motifs is 1. The number of piperidine rings is 1. The second-order valence-electron chi connectivity index (χ2n) is 6.21. The van der Waals surface area contributed by atoms with Gasteiger partial charge in [0.25, 0.3) is 0 Å². The lowest BCUT2D eigenvalue weighted by Gasteiger charge is -2.38. The molecule has 2 aromatic rings. The van der Waals surface area contributed by atoms with Crippen molar-refractivity contribution in [3.05, 3.63) is 30.5 Å². The lowest BCUT2D eigenvalue weighted by molar-refractivity contribution is 0.150. The molecule has 4 heteroatoms. The van der Waals surface area contributed by atoms with Crippen LogP contribution in [0.3, 0.4) is 0 Å². The maximum absolute atomic E-state index is 4.62. The Morgan fingerprint density at radius 2 is 1.90 bits per heavy atom. The van der Waals surface area contributed by atoms with Crippen LogP contribution in [0.15, 0.2) is 30.5 Å². The van der Waals surface area contributed by atoms with Gasteiger partial charge < -0.3 is 10.2 Å². The summed E-state index contributed by atoms with van der Waals surface area (Å²) in [5, 5.41) is 3.47. The van der Waals surface area contributed by atoms with Crippen molar-refractivity contribution < 1.29 is 0 Å². The minimum absolute atomic E-state index is 0.361.